The lowest BCUT2D eigenvalue weighted by Crippen LogP contribution is -2.28. The Bertz CT molecular complexity index is 291. The highest BCUT2D eigenvalue weighted by atomic mass is 16.5. The molecule has 0 radical (unpaired) electrons. The van der Waals surface area contributed by atoms with E-state index in [1.165, 1.54) is 18.4 Å². The van der Waals surface area contributed by atoms with Crippen molar-refractivity contribution in [2.45, 2.75) is 31.3 Å². The first kappa shape index (κ1) is 10.7. The largest absolute Gasteiger partial charge is 0.369 e. The number of ether oxygens (including phenoxy) is 1. The van der Waals surface area contributed by atoms with Crippen LogP contribution in [0, 0.1) is 0 Å². The molecule has 1 saturated carbocycles. The molecule has 0 aromatic heterocycles. The third kappa shape index (κ3) is 2.21. The van der Waals surface area contributed by atoms with Crippen molar-refractivity contribution in [2.24, 2.45) is 5.73 Å². The van der Waals surface area contributed by atoms with Crippen LogP contribution < -0.4 is 5.73 Å². The van der Waals surface area contributed by atoms with Gasteiger partial charge in [-0.1, -0.05) is 43.2 Å². The maximum atomic E-state index is 6.00. The SMILES string of the molecule is NCCOC1(c2ccccc2)CCCC1. The van der Waals surface area contributed by atoms with Crippen molar-refractivity contribution in [1.82, 2.24) is 0 Å². The Kier molecular flexibility index (Phi) is 3.39. The van der Waals surface area contributed by atoms with Crippen molar-refractivity contribution in [1.29, 1.82) is 0 Å². The van der Waals surface area contributed by atoms with Crippen molar-refractivity contribution < 1.29 is 4.74 Å². The van der Waals surface area contributed by atoms with E-state index in [2.05, 4.69) is 30.3 Å². The smallest absolute Gasteiger partial charge is 0.0931 e. The molecule has 0 atom stereocenters. The van der Waals surface area contributed by atoms with E-state index in [0.717, 1.165) is 12.8 Å². The average molecular weight is 205 g/mol. The summed E-state index contributed by atoms with van der Waals surface area (Å²) >= 11 is 0. The second kappa shape index (κ2) is 4.77. The summed E-state index contributed by atoms with van der Waals surface area (Å²) in [4.78, 5) is 0. The molecule has 0 saturated heterocycles. The van der Waals surface area contributed by atoms with Gasteiger partial charge < -0.3 is 10.5 Å². The fourth-order valence-electron chi connectivity index (χ4n) is 2.46. The molecular weight excluding hydrogens is 186 g/mol. The molecule has 1 aliphatic carbocycles. The topological polar surface area (TPSA) is 35.2 Å². The maximum absolute atomic E-state index is 6.00. The molecule has 0 unspecified atom stereocenters. The van der Waals surface area contributed by atoms with Crippen molar-refractivity contribution in [3.05, 3.63) is 35.9 Å². The van der Waals surface area contributed by atoms with Gasteiger partial charge in [-0.15, -0.1) is 0 Å². The lowest BCUT2D eigenvalue weighted by atomic mass is 9.92. The van der Waals surface area contributed by atoms with Gasteiger partial charge in [-0.25, -0.2) is 0 Å². The summed E-state index contributed by atoms with van der Waals surface area (Å²) in [5.41, 5.74) is 6.79. The van der Waals surface area contributed by atoms with Gasteiger partial charge >= 0.3 is 0 Å². The predicted octanol–water partition coefficient (Wildman–Crippen LogP) is 2.43. The van der Waals surface area contributed by atoms with E-state index in [-0.39, 0.29) is 5.60 Å². The molecule has 0 heterocycles. The minimum absolute atomic E-state index is 0.0410. The van der Waals surface area contributed by atoms with Gasteiger partial charge in [0.1, 0.15) is 0 Å². The summed E-state index contributed by atoms with van der Waals surface area (Å²) in [6, 6.07) is 10.6. The second-order valence-electron chi connectivity index (χ2n) is 4.20. The van der Waals surface area contributed by atoms with Gasteiger partial charge in [-0.2, -0.15) is 0 Å². The number of nitrogens with two attached hydrogens (primary N) is 1. The van der Waals surface area contributed by atoms with Crippen LogP contribution in [0.2, 0.25) is 0 Å². The zero-order chi connectivity index (χ0) is 10.6. The van der Waals surface area contributed by atoms with Gasteiger partial charge in [0.05, 0.1) is 12.2 Å². The zero-order valence-electron chi connectivity index (χ0n) is 9.11. The first-order chi connectivity index (χ1) is 7.37. The average Bonchev–Trinajstić information content (AvgIpc) is 2.78. The molecule has 2 rings (SSSR count). The summed E-state index contributed by atoms with van der Waals surface area (Å²) in [5.74, 6) is 0. The number of hydrogen-bond donors (Lipinski definition) is 1. The van der Waals surface area contributed by atoms with E-state index >= 15 is 0 Å². The van der Waals surface area contributed by atoms with Crippen LogP contribution in [-0.2, 0) is 10.3 Å². The highest BCUT2D eigenvalue weighted by Crippen LogP contribution is 2.41. The van der Waals surface area contributed by atoms with E-state index < -0.39 is 0 Å². The van der Waals surface area contributed by atoms with Crippen LogP contribution in [0.1, 0.15) is 31.2 Å². The van der Waals surface area contributed by atoms with Gasteiger partial charge in [-0.05, 0) is 18.4 Å². The zero-order valence-corrected chi connectivity index (χ0v) is 9.11. The minimum Gasteiger partial charge on any atom is -0.369 e. The first-order valence-corrected chi connectivity index (χ1v) is 5.77. The molecule has 2 heteroatoms. The van der Waals surface area contributed by atoms with Gasteiger partial charge in [0.15, 0.2) is 0 Å². The normalized spacial score (nSPS) is 19.3. The Labute approximate surface area is 91.4 Å². The Balaban J connectivity index is 2.19. The Morgan fingerprint density at radius 3 is 2.40 bits per heavy atom. The molecule has 2 N–H and O–H groups in total. The molecular formula is C13H19NO. The van der Waals surface area contributed by atoms with Crippen LogP contribution in [0.15, 0.2) is 30.3 Å². The lowest BCUT2D eigenvalue weighted by Gasteiger charge is -2.29. The molecule has 0 bridgehead atoms. The summed E-state index contributed by atoms with van der Waals surface area (Å²) in [6.07, 6.45) is 4.80. The monoisotopic (exact) mass is 205 g/mol. The first-order valence-electron chi connectivity index (χ1n) is 5.77. The fourth-order valence-corrected chi connectivity index (χ4v) is 2.46. The van der Waals surface area contributed by atoms with Crippen LogP contribution in [0.3, 0.4) is 0 Å². The quantitative estimate of drug-likeness (QED) is 0.819. The molecule has 2 nitrogen and oxygen atoms in total. The third-order valence-corrected chi connectivity index (χ3v) is 3.21. The van der Waals surface area contributed by atoms with Crippen LogP contribution in [0.5, 0.6) is 0 Å². The highest BCUT2D eigenvalue weighted by molar-refractivity contribution is 5.23. The Morgan fingerprint density at radius 2 is 1.80 bits per heavy atom. The molecule has 0 amide bonds. The summed E-state index contributed by atoms with van der Waals surface area (Å²) in [6.45, 7) is 1.27. The van der Waals surface area contributed by atoms with Crippen molar-refractivity contribution in [3.63, 3.8) is 0 Å². The fraction of sp³-hybridized carbons (Fsp3) is 0.538. The Hall–Kier alpha value is -0.860. The molecule has 1 aromatic rings. The van der Waals surface area contributed by atoms with Crippen molar-refractivity contribution in [3.8, 4) is 0 Å². The molecule has 1 aromatic carbocycles. The summed E-state index contributed by atoms with van der Waals surface area (Å²) < 4.78 is 6.00. The van der Waals surface area contributed by atoms with E-state index in [0.29, 0.717) is 13.2 Å². The number of hydrogen-bond acceptors (Lipinski definition) is 2. The summed E-state index contributed by atoms with van der Waals surface area (Å²) in [7, 11) is 0. The molecule has 82 valence electrons. The van der Waals surface area contributed by atoms with Crippen LogP contribution in [0.4, 0.5) is 0 Å². The summed E-state index contributed by atoms with van der Waals surface area (Å²) in [5, 5.41) is 0. The van der Waals surface area contributed by atoms with Crippen LogP contribution >= 0.6 is 0 Å². The van der Waals surface area contributed by atoms with E-state index in [1.54, 1.807) is 0 Å². The van der Waals surface area contributed by atoms with Gasteiger partial charge in [-0.3, -0.25) is 0 Å². The standard InChI is InChI=1S/C13H19NO/c14-10-11-15-13(8-4-5-9-13)12-6-2-1-3-7-12/h1-3,6-7H,4-5,8-11,14H2. The highest BCUT2D eigenvalue weighted by Gasteiger charge is 2.36. The van der Waals surface area contributed by atoms with E-state index in [4.69, 9.17) is 10.5 Å². The maximum Gasteiger partial charge on any atom is 0.0931 e. The number of benzene rings is 1. The third-order valence-electron chi connectivity index (χ3n) is 3.21. The van der Waals surface area contributed by atoms with Crippen LogP contribution in [-0.4, -0.2) is 13.2 Å². The second-order valence-corrected chi connectivity index (χ2v) is 4.20. The Morgan fingerprint density at radius 1 is 1.13 bits per heavy atom. The number of rotatable bonds is 4. The van der Waals surface area contributed by atoms with Gasteiger partial charge in [0, 0.05) is 6.54 Å². The molecule has 1 aliphatic rings. The van der Waals surface area contributed by atoms with E-state index in [9.17, 15) is 0 Å². The molecule has 1 fully saturated rings. The molecule has 0 aliphatic heterocycles. The molecule has 0 spiro atoms. The predicted molar refractivity (Wildman–Crippen MR) is 61.6 cm³/mol. The lowest BCUT2D eigenvalue weighted by molar-refractivity contribution is -0.0417. The van der Waals surface area contributed by atoms with Gasteiger partial charge in [0.2, 0.25) is 0 Å². The van der Waals surface area contributed by atoms with Crippen molar-refractivity contribution >= 4 is 0 Å². The molecule has 15 heavy (non-hydrogen) atoms. The van der Waals surface area contributed by atoms with E-state index in [1.807, 2.05) is 0 Å². The van der Waals surface area contributed by atoms with Crippen molar-refractivity contribution in [2.75, 3.05) is 13.2 Å². The van der Waals surface area contributed by atoms with Crippen LogP contribution in [0.25, 0.3) is 0 Å². The minimum atomic E-state index is -0.0410. The van der Waals surface area contributed by atoms with Gasteiger partial charge in [0.25, 0.3) is 0 Å².